The highest BCUT2D eigenvalue weighted by Gasteiger charge is 2.15. The topological polar surface area (TPSA) is 77.2 Å². The molecular formula is C20H26N6O2. The third-order valence-corrected chi connectivity index (χ3v) is 4.81. The van der Waals surface area contributed by atoms with Gasteiger partial charge in [-0.25, -0.2) is 9.48 Å². The van der Waals surface area contributed by atoms with Gasteiger partial charge in [0.15, 0.2) is 0 Å². The molecule has 0 atom stereocenters. The van der Waals surface area contributed by atoms with Crippen LogP contribution in [0.25, 0.3) is 5.69 Å². The Morgan fingerprint density at radius 3 is 2.71 bits per heavy atom. The lowest BCUT2D eigenvalue weighted by Gasteiger charge is -2.18. The average molecular weight is 382 g/mol. The van der Waals surface area contributed by atoms with Crippen molar-refractivity contribution < 1.29 is 9.53 Å². The van der Waals surface area contributed by atoms with Crippen molar-refractivity contribution in [3.63, 3.8) is 0 Å². The monoisotopic (exact) mass is 382 g/mol. The van der Waals surface area contributed by atoms with Crippen LogP contribution in [0.2, 0.25) is 0 Å². The molecule has 8 nitrogen and oxygen atoms in total. The van der Waals surface area contributed by atoms with E-state index in [0.717, 1.165) is 34.0 Å². The molecule has 0 radical (unpaired) electrons. The van der Waals surface area contributed by atoms with E-state index in [1.54, 1.807) is 29.9 Å². The maximum atomic E-state index is 12.5. The van der Waals surface area contributed by atoms with Crippen molar-refractivity contribution in [2.45, 2.75) is 26.9 Å². The predicted octanol–water partition coefficient (Wildman–Crippen LogP) is 2.57. The standard InChI is InChI=1S/C20H26N6O2/c1-14-17(15(2)25(4)23-14)13-24(3)20(27)21-10-16-11-22-26(12-16)18-8-6-7-9-19(18)28-5/h6-9,11-12H,10,13H2,1-5H3,(H,21,27). The molecule has 1 aromatic carbocycles. The number of aromatic nitrogens is 4. The zero-order valence-corrected chi connectivity index (χ0v) is 16.9. The number of benzene rings is 1. The predicted molar refractivity (Wildman–Crippen MR) is 107 cm³/mol. The summed E-state index contributed by atoms with van der Waals surface area (Å²) in [6.45, 7) is 4.87. The minimum absolute atomic E-state index is 0.146. The fourth-order valence-electron chi connectivity index (χ4n) is 3.07. The summed E-state index contributed by atoms with van der Waals surface area (Å²) >= 11 is 0. The van der Waals surface area contributed by atoms with Crippen molar-refractivity contribution >= 4 is 6.03 Å². The maximum Gasteiger partial charge on any atom is 0.317 e. The smallest absolute Gasteiger partial charge is 0.317 e. The van der Waals surface area contributed by atoms with Gasteiger partial charge in [-0.05, 0) is 26.0 Å². The molecule has 0 aliphatic rings. The van der Waals surface area contributed by atoms with Crippen LogP contribution in [0.5, 0.6) is 5.75 Å². The number of nitrogens with one attached hydrogen (secondary N) is 1. The molecule has 0 aliphatic heterocycles. The quantitative estimate of drug-likeness (QED) is 0.711. The van der Waals surface area contributed by atoms with E-state index in [1.165, 1.54) is 0 Å². The highest BCUT2D eigenvalue weighted by molar-refractivity contribution is 5.73. The summed E-state index contributed by atoms with van der Waals surface area (Å²) in [6, 6.07) is 7.51. The fourth-order valence-corrected chi connectivity index (χ4v) is 3.07. The molecule has 0 aliphatic carbocycles. The van der Waals surface area contributed by atoms with Gasteiger partial charge >= 0.3 is 6.03 Å². The first-order chi connectivity index (χ1) is 13.4. The number of urea groups is 1. The number of carbonyl (C=O) groups is 1. The van der Waals surface area contributed by atoms with E-state index in [0.29, 0.717) is 13.1 Å². The van der Waals surface area contributed by atoms with Crippen LogP contribution in [-0.4, -0.2) is 44.6 Å². The molecule has 0 spiro atoms. The summed E-state index contributed by atoms with van der Waals surface area (Å²) in [6.07, 6.45) is 3.62. The lowest BCUT2D eigenvalue weighted by Crippen LogP contribution is -2.36. The molecule has 2 amide bonds. The van der Waals surface area contributed by atoms with Crippen LogP contribution in [0.4, 0.5) is 4.79 Å². The van der Waals surface area contributed by atoms with Crippen molar-refractivity contribution in [2.75, 3.05) is 14.2 Å². The number of para-hydroxylation sites is 2. The van der Waals surface area contributed by atoms with Crippen LogP contribution < -0.4 is 10.1 Å². The molecule has 148 valence electrons. The van der Waals surface area contributed by atoms with Crippen LogP contribution in [0, 0.1) is 13.8 Å². The SMILES string of the molecule is COc1ccccc1-n1cc(CNC(=O)N(C)Cc2c(C)nn(C)c2C)cn1. The summed E-state index contributed by atoms with van der Waals surface area (Å²) in [5.74, 6) is 0.739. The first kappa shape index (κ1) is 19.5. The zero-order chi connectivity index (χ0) is 20.3. The van der Waals surface area contributed by atoms with Crippen molar-refractivity contribution in [3.05, 3.63) is 59.2 Å². The second kappa shape index (κ2) is 8.16. The number of aryl methyl sites for hydroxylation is 2. The molecule has 8 heteroatoms. The van der Waals surface area contributed by atoms with Crippen LogP contribution in [-0.2, 0) is 20.1 Å². The number of hydrogen-bond acceptors (Lipinski definition) is 4. The third kappa shape index (κ3) is 4.00. The highest BCUT2D eigenvalue weighted by atomic mass is 16.5. The first-order valence-electron chi connectivity index (χ1n) is 9.05. The molecule has 0 fully saturated rings. The van der Waals surface area contributed by atoms with Gasteiger partial charge in [0.05, 0.1) is 25.5 Å². The van der Waals surface area contributed by atoms with Gasteiger partial charge in [0.1, 0.15) is 11.4 Å². The van der Waals surface area contributed by atoms with Crippen LogP contribution in [0.3, 0.4) is 0 Å². The molecular weight excluding hydrogens is 356 g/mol. The molecule has 2 aromatic heterocycles. The number of hydrogen-bond donors (Lipinski definition) is 1. The minimum atomic E-state index is -0.146. The fraction of sp³-hybridized carbons (Fsp3) is 0.350. The van der Waals surface area contributed by atoms with Gasteiger partial charge in [0, 0.05) is 43.7 Å². The summed E-state index contributed by atoms with van der Waals surface area (Å²) in [4.78, 5) is 14.1. The Morgan fingerprint density at radius 1 is 1.29 bits per heavy atom. The van der Waals surface area contributed by atoms with Crippen LogP contribution in [0.15, 0.2) is 36.7 Å². The Bertz CT molecular complexity index is 975. The van der Waals surface area contributed by atoms with Crippen molar-refractivity contribution in [1.29, 1.82) is 0 Å². The van der Waals surface area contributed by atoms with Crippen molar-refractivity contribution in [1.82, 2.24) is 29.8 Å². The number of amides is 2. The molecule has 3 rings (SSSR count). The molecule has 0 saturated carbocycles. The van der Waals surface area contributed by atoms with E-state index < -0.39 is 0 Å². The van der Waals surface area contributed by atoms with Gasteiger partial charge < -0.3 is 15.0 Å². The van der Waals surface area contributed by atoms with Gasteiger partial charge in [0.2, 0.25) is 0 Å². The van der Waals surface area contributed by atoms with Gasteiger partial charge in [-0.3, -0.25) is 4.68 Å². The molecule has 0 saturated heterocycles. The lowest BCUT2D eigenvalue weighted by atomic mass is 10.2. The molecule has 0 unspecified atom stereocenters. The van der Waals surface area contributed by atoms with E-state index >= 15 is 0 Å². The van der Waals surface area contributed by atoms with Crippen LogP contribution >= 0.6 is 0 Å². The molecule has 2 heterocycles. The van der Waals surface area contributed by atoms with E-state index in [2.05, 4.69) is 15.5 Å². The van der Waals surface area contributed by atoms with Crippen molar-refractivity contribution in [3.8, 4) is 11.4 Å². The van der Waals surface area contributed by atoms with Crippen LogP contribution in [0.1, 0.15) is 22.5 Å². The summed E-state index contributed by atoms with van der Waals surface area (Å²) < 4.78 is 8.95. The molecule has 1 N–H and O–H groups in total. The number of rotatable bonds is 6. The first-order valence-corrected chi connectivity index (χ1v) is 9.05. The Balaban J connectivity index is 1.61. The number of methoxy groups -OCH3 is 1. The van der Waals surface area contributed by atoms with Gasteiger partial charge in [0.25, 0.3) is 0 Å². The highest BCUT2D eigenvalue weighted by Crippen LogP contribution is 2.21. The minimum Gasteiger partial charge on any atom is -0.494 e. The third-order valence-electron chi connectivity index (χ3n) is 4.81. The normalized spacial score (nSPS) is 10.8. The summed E-state index contributed by atoms with van der Waals surface area (Å²) in [5, 5.41) is 11.7. The Hall–Kier alpha value is -3.29. The van der Waals surface area contributed by atoms with Gasteiger partial charge in [-0.15, -0.1) is 0 Å². The van der Waals surface area contributed by atoms with Gasteiger partial charge in [-0.2, -0.15) is 10.2 Å². The second-order valence-corrected chi connectivity index (χ2v) is 6.75. The Labute approximate surface area is 164 Å². The second-order valence-electron chi connectivity index (χ2n) is 6.75. The maximum absolute atomic E-state index is 12.5. The average Bonchev–Trinajstić information content (AvgIpc) is 3.26. The van der Waals surface area contributed by atoms with E-state index in [4.69, 9.17) is 4.74 Å². The largest absolute Gasteiger partial charge is 0.494 e. The van der Waals surface area contributed by atoms with E-state index in [9.17, 15) is 4.79 Å². The molecule has 3 aromatic rings. The van der Waals surface area contributed by atoms with Gasteiger partial charge in [-0.1, -0.05) is 12.1 Å². The number of ether oxygens (including phenoxy) is 1. The van der Waals surface area contributed by atoms with E-state index in [-0.39, 0.29) is 6.03 Å². The Morgan fingerprint density at radius 2 is 2.04 bits per heavy atom. The lowest BCUT2D eigenvalue weighted by molar-refractivity contribution is 0.206. The van der Waals surface area contributed by atoms with E-state index in [1.807, 2.05) is 56.0 Å². The number of nitrogens with zero attached hydrogens (tertiary/aromatic N) is 5. The Kier molecular flexibility index (Phi) is 5.67. The van der Waals surface area contributed by atoms with Crippen molar-refractivity contribution in [2.24, 2.45) is 7.05 Å². The zero-order valence-electron chi connectivity index (χ0n) is 16.9. The molecule has 28 heavy (non-hydrogen) atoms. The summed E-state index contributed by atoms with van der Waals surface area (Å²) in [5.41, 5.74) is 4.83. The number of carbonyl (C=O) groups excluding carboxylic acids is 1. The summed E-state index contributed by atoms with van der Waals surface area (Å²) in [7, 11) is 5.32. The molecule has 0 bridgehead atoms.